The van der Waals surface area contributed by atoms with Gasteiger partial charge in [0.05, 0.1) is 12.3 Å². The highest BCUT2D eigenvalue weighted by Gasteiger charge is 2.08. The number of ether oxygens (including phenoxy) is 1. The van der Waals surface area contributed by atoms with E-state index in [-0.39, 0.29) is 12.1 Å². The van der Waals surface area contributed by atoms with Crippen LogP contribution in [0.2, 0.25) is 0 Å². The van der Waals surface area contributed by atoms with Gasteiger partial charge in [-0.05, 0) is 31.9 Å². The van der Waals surface area contributed by atoms with Crippen molar-refractivity contribution in [3.8, 4) is 5.75 Å². The van der Waals surface area contributed by atoms with E-state index in [0.29, 0.717) is 0 Å². The van der Waals surface area contributed by atoms with Crippen LogP contribution in [0.5, 0.6) is 5.75 Å². The van der Waals surface area contributed by atoms with Crippen LogP contribution in [0.25, 0.3) is 0 Å². The van der Waals surface area contributed by atoms with Gasteiger partial charge in [-0.1, -0.05) is 51.9 Å². The van der Waals surface area contributed by atoms with E-state index < -0.39 is 0 Å². The van der Waals surface area contributed by atoms with E-state index in [1.165, 1.54) is 44.9 Å². The number of nitrogens with zero attached hydrogens (tertiary/aromatic N) is 1. The summed E-state index contributed by atoms with van der Waals surface area (Å²) in [5.41, 5.74) is 7.34. The summed E-state index contributed by atoms with van der Waals surface area (Å²) in [6, 6.07) is 2.10. The van der Waals surface area contributed by atoms with Gasteiger partial charge in [0.1, 0.15) is 5.75 Å². The Morgan fingerprint density at radius 1 is 1.05 bits per heavy atom. The number of nitrogens with two attached hydrogens (primary N) is 1. The standard InChI is InChI=1S/C18H32N2O/c1-4-5-6-7-8-9-10-11-18(19)16-12-17(14-20-13-16)21-15(2)3/h12-15,18H,4-11,19H2,1-3H3. The predicted molar refractivity (Wildman–Crippen MR) is 89.5 cm³/mol. The molecule has 21 heavy (non-hydrogen) atoms. The molecule has 1 atom stereocenters. The van der Waals surface area contributed by atoms with Crippen molar-refractivity contribution < 1.29 is 4.74 Å². The third-order valence-corrected chi connectivity index (χ3v) is 3.65. The molecule has 0 radical (unpaired) electrons. The van der Waals surface area contributed by atoms with Crippen LogP contribution in [-0.4, -0.2) is 11.1 Å². The van der Waals surface area contributed by atoms with Crippen molar-refractivity contribution in [2.24, 2.45) is 5.73 Å². The van der Waals surface area contributed by atoms with E-state index in [0.717, 1.165) is 17.7 Å². The molecule has 3 nitrogen and oxygen atoms in total. The number of pyridine rings is 1. The fraction of sp³-hybridized carbons (Fsp3) is 0.722. The Kier molecular flexibility index (Phi) is 9.07. The van der Waals surface area contributed by atoms with Gasteiger partial charge in [-0.3, -0.25) is 4.98 Å². The van der Waals surface area contributed by atoms with Crippen molar-refractivity contribution in [1.29, 1.82) is 0 Å². The highest BCUT2D eigenvalue weighted by molar-refractivity contribution is 5.25. The number of aromatic nitrogens is 1. The highest BCUT2D eigenvalue weighted by Crippen LogP contribution is 2.21. The molecule has 0 aliphatic heterocycles. The molecule has 1 aromatic rings. The third-order valence-electron chi connectivity index (χ3n) is 3.65. The van der Waals surface area contributed by atoms with Crippen molar-refractivity contribution in [2.45, 2.75) is 84.3 Å². The minimum atomic E-state index is 0.0730. The average Bonchev–Trinajstić information content (AvgIpc) is 2.45. The Labute approximate surface area is 130 Å². The molecule has 0 saturated heterocycles. The molecule has 0 fully saturated rings. The molecule has 0 spiro atoms. The van der Waals surface area contributed by atoms with Crippen LogP contribution in [0.1, 0.15) is 83.7 Å². The molecule has 0 aliphatic carbocycles. The number of rotatable bonds is 11. The Hall–Kier alpha value is -1.09. The molecule has 0 saturated carbocycles. The maximum atomic E-state index is 6.26. The lowest BCUT2D eigenvalue weighted by atomic mass is 10.0. The van der Waals surface area contributed by atoms with Gasteiger partial charge in [0, 0.05) is 12.2 Å². The molecular formula is C18H32N2O. The molecule has 0 bridgehead atoms. The largest absolute Gasteiger partial charge is 0.489 e. The molecule has 0 amide bonds. The van der Waals surface area contributed by atoms with Gasteiger partial charge in [-0.25, -0.2) is 0 Å². The maximum Gasteiger partial charge on any atom is 0.138 e. The summed E-state index contributed by atoms with van der Waals surface area (Å²) in [5.74, 6) is 0.817. The van der Waals surface area contributed by atoms with Gasteiger partial charge < -0.3 is 10.5 Å². The summed E-state index contributed by atoms with van der Waals surface area (Å²) in [4.78, 5) is 4.23. The van der Waals surface area contributed by atoms with Crippen LogP contribution in [0.4, 0.5) is 0 Å². The third kappa shape index (κ3) is 8.05. The molecule has 1 heterocycles. The van der Waals surface area contributed by atoms with Gasteiger partial charge >= 0.3 is 0 Å². The van der Waals surface area contributed by atoms with E-state index in [2.05, 4.69) is 11.9 Å². The fourth-order valence-electron chi connectivity index (χ4n) is 2.46. The predicted octanol–water partition coefficient (Wildman–Crippen LogP) is 5.01. The lowest BCUT2D eigenvalue weighted by Gasteiger charge is -2.14. The zero-order valence-electron chi connectivity index (χ0n) is 14.0. The van der Waals surface area contributed by atoms with E-state index in [4.69, 9.17) is 10.5 Å². The second-order valence-electron chi connectivity index (χ2n) is 6.14. The Bertz CT molecular complexity index is 379. The summed E-state index contributed by atoms with van der Waals surface area (Å²) >= 11 is 0. The van der Waals surface area contributed by atoms with Crippen LogP contribution >= 0.6 is 0 Å². The normalized spacial score (nSPS) is 12.6. The molecule has 3 heteroatoms. The second kappa shape index (κ2) is 10.6. The SMILES string of the molecule is CCCCCCCCCC(N)c1cncc(OC(C)C)c1. The minimum Gasteiger partial charge on any atom is -0.489 e. The summed E-state index contributed by atoms with van der Waals surface area (Å²) in [5, 5.41) is 0. The van der Waals surface area contributed by atoms with Crippen molar-refractivity contribution in [2.75, 3.05) is 0 Å². The zero-order chi connectivity index (χ0) is 15.5. The first-order valence-electron chi connectivity index (χ1n) is 8.50. The van der Waals surface area contributed by atoms with E-state index in [1.807, 2.05) is 26.1 Å². The van der Waals surface area contributed by atoms with Gasteiger partial charge in [0.15, 0.2) is 0 Å². The van der Waals surface area contributed by atoms with Crippen LogP contribution in [0.3, 0.4) is 0 Å². The molecule has 2 N–H and O–H groups in total. The Balaban J connectivity index is 2.26. The van der Waals surface area contributed by atoms with E-state index in [9.17, 15) is 0 Å². The van der Waals surface area contributed by atoms with E-state index >= 15 is 0 Å². The molecule has 1 aromatic heterocycles. The van der Waals surface area contributed by atoms with Crippen molar-refractivity contribution in [1.82, 2.24) is 4.98 Å². The first kappa shape index (κ1) is 18.0. The maximum absolute atomic E-state index is 6.26. The van der Waals surface area contributed by atoms with Crippen LogP contribution in [0, 0.1) is 0 Å². The lowest BCUT2D eigenvalue weighted by Crippen LogP contribution is -2.12. The molecule has 120 valence electrons. The molecule has 0 aliphatic rings. The molecule has 1 rings (SSSR count). The van der Waals surface area contributed by atoms with Crippen molar-refractivity contribution >= 4 is 0 Å². The Morgan fingerprint density at radius 3 is 2.38 bits per heavy atom. The van der Waals surface area contributed by atoms with Crippen molar-refractivity contribution in [3.63, 3.8) is 0 Å². The second-order valence-corrected chi connectivity index (χ2v) is 6.14. The summed E-state index contributed by atoms with van der Waals surface area (Å²) in [6.45, 7) is 6.29. The molecular weight excluding hydrogens is 260 g/mol. The van der Waals surface area contributed by atoms with Crippen molar-refractivity contribution in [3.05, 3.63) is 24.0 Å². The first-order chi connectivity index (χ1) is 10.1. The summed E-state index contributed by atoms with van der Waals surface area (Å²) < 4.78 is 5.67. The van der Waals surface area contributed by atoms with Gasteiger partial charge in [0.25, 0.3) is 0 Å². The quantitative estimate of drug-likeness (QED) is 0.583. The van der Waals surface area contributed by atoms with Crippen LogP contribution in [0.15, 0.2) is 18.5 Å². The van der Waals surface area contributed by atoms with Gasteiger partial charge in [-0.15, -0.1) is 0 Å². The highest BCUT2D eigenvalue weighted by atomic mass is 16.5. The monoisotopic (exact) mass is 292 g/mol. The summed E-state index contributed by atoms with van der Waals surface area (Å²) in [6.07, 6.45) is 14.0. The number of hydrogen-bond donors (Lipinski definition) is 1. The zero-order valence-corrected chi connectivity index (χ0v) is 14.0. The van der Waals surface area contributed by atoms with Crippen LogP contribution in [-0.2, 0) is 0 Å². The fourth-order valence-corrected chi connectivity index (χ4v) is 2.46. The minimum absolute atomic E-state index is 0.0730. The van der Waals surface area contributed by atoms with Crippen LogP contribution < -0.4 is 10.5 Å². The van der Waals surface area contributed by atoms with E-state index in [1.54, 1.807) is 6.20 Å². The van der Waals surface area contributed by atoms with Gasteiger partial charge in [-0.2, -0.15) is 0 Å². The van der Waals surface area contributed by atoms with Gasteiger partial charge in [0.2, 0.25) is 0 Å². The molecule has 0 aromatic carbocycles. The lowest BCUT2D eigenvalue weighted by molar-refractivity contribution is 0.241. The summed E-state index contributed by atoms with van der Waals surface area (Å²) in [7, 11) is 0. The first-order valence-corrected chi connectivity index (χ1v) is 8.50. The Morgan fingerprint density at radius 2 is 1.71 bits per heavy atom. The topological polar surface area (TPSA) is 48.1 Å². The number of unbranched alkanes of at least 4 members (excludes halogenated alkanes) is 6. The average molecular weight is 292 g/mol. The number of hydrogen-bond acceptors (Lipinski definition) is 3. The smallest absolute Gasteiger partial charge is 0.138 e. The molecule has 1 unspecified atom stereocenters.